The second kappa shape index (κ2) is 4.63. The summed E-state index contributed by atoms with van der Waals surface area (Å²) in [6.45, 7) is 1.03. The van der Waals surface area contributed by atoms with Gasteiger partial charge < -0.3 is 0 Å². The van der Waals surface area contributed by atoms with Gasteiger partial charge in [-0.05, 0) is 18.2 Å². The van der Waals surface area contributed by atoms with Gasteiger partial charge in [0.05, 0.1) is 9.79 Å². The molecule has 94 valence electrons. The number of carbonyl (C=O) groups excluding carboxylic acids is 1. The summed E-state index contributed by atoms with van der Waals surface area (Å²) >= 11 is 0. The Hall–Kier alpha value is -1.12. The Morgan fingerprint density at radius 2 is 1.71 bits per heavy atom. The maximum Gasteiger partial charge on any atom is 0.264 e. The van der Waals surface area contributed by atoms with Crippen LogP contribution in [0.3, 0.4) is 0 Å². The van der Waals surface area contributed by atoms with Crippen LogP contribution in [0.4, 0.5) is 0 Å². The highest BCUT2D eigenvalue weighted by atomic mass is 35.7. The standard InChI is InChI=1S/C8H8ClNO5S2/c1-6(11)10-17(14,15)8-4-2-3-7(5-8)16(9,12)13/h2-5H,1H3,(H,10,11). The average Bonchev–Trinajstić information content (AvgIpc) is 2.14. The Morgan fingerprint density at radius 3 is 2.18 bits per heavy atom. The van der Waals surface area contributed by atoms with Crippen LogP contribution in [0.2, 0.25) is 0 Å². The average molecular weight is 298 g/mol. The number of benzene rings is 1. The van der Waals surface area contributed by atoms with Gasteiger partial charge in [-0.15, -0.1) is 0 Å². The summed E-state index contributed by atoms with van der Waals surface area (Å²) in [4.78, 5) is 9.97. The third-order valence-electron chi connectivity index (χ3n) is 1.68. The SMILES string of the molecule is CC(=O)NS(=O)(=O)c1cccc(S(=O)(=O)Cl)c1. The number of amides is 1. The van der Waals surface area contributed by atoms with Gasteiger partial charge in [-0.25, -0.2) is 21.6 Å². The van der Waals surface area contributed by atoms with E-state index in [4.69, 9.17) is 10.7 Å². The van der Waals surface area contributed by atoms with Crippen molar-refractivity contribution in [3.63, 3.8) is 0 Å². The molecule has 0 aliphatic carbocycles. The Morgan fingerprint density at radius 1 is 1.18 bits per heavy atom. The molecule has 17 heavy (non-hydrogen) atoms. The molecule has 0 unspecified atom stereocenters. The quantitative estimate of drug-likeness (QED) is 0.816. The first-order chi connectivity index (χ1) is 7.63. The first-order valence-electron chi connectivity index (χ1n) is 4.21. The monoisotopic (exact) mass is 297 g/mol. The summed E-state index contributed by atoms with van der Waals surface area (Å²) in [5, 5.41) is 0. The minimum atomic E-state index is -4.06. The number of nitrogens with one attached hydrogen (secondary N) is 1. The van der Waals surface area contributed by atoms with Crippen molar-refractivity contribution in [2.45, 2.75) is 16.7 Å². The lowest BCUT2D eigenvalue weighted by atomic mass is 10.4. The van der Waals surface area contributed by atoms with E-state index in [0.717, 1.165) is 25.1 Å². The number of hydrogen-bond donors (Lipinski definition) is 1. The van der Waals surface area contributed by atoms with Crippen LogP contribution < -0.4 is 4.72 Å². The molecule has 9 heteroatoms. The molecule has 0 saturated carbocycles. The zero-order valence-electron chi connectivity index (χ0n) is 8.55. The highest BCUT2D eigenvalue weighted by Crippen LogP contribution is 2.18. The third kappa shape index (κ3) is 3.69. The van der Waals surface area contributed by atoms with Gasteiger partial charge in [0.2, 0.25) is 5.91 Å². The van der Waals surface area contributed by atoms with Crippen LogP contribution in [0.15, 0.2) is 34.1 Å². The number of halogens is 1. The van der Waals surface area contributed by atoms with Crippen molar-refractivity contribution in [1.29, 1.82) is 0 Å². The molecule has 0 aromatic heterocycles. The lowest BCUT2D eigenvalue weighted by Gasteiger charge is -2.05. The normalized spacial score (nSPS) is 12.1. The number of sulfonamides is 1. The van der Waals surface area contributed by atoms with Crippen molar-refractivity contribution in [2.24, 2.45) is 0 Å². The van der Waals surface area contributed by atoms with Crippen molar-refractivity contribution in [3.05, 3.63) is 24.3 Å². The van der Waals surface area contributed by atoms with Gasteiger partial charge in [-0.3, -0.25) is 4.79 Å². The number of carbonyl (C=O) groups is 1. The molecule has 0 bridgehead atoms. The number of hydrogen-bond acceptors (Lipinski definition) is 5. The predicted octanol–water partition coefficient (Wildman–Crippen LogP) is 0.439. The van der Waals surface area contributed by atoms with Gasteiger partial charge in [-0.1, -0.05) is 6.07 Å². The molecule has 0 fully saturated rings. The Labute approximate surface area is 103 Å². The van der Waals surface area contributed by atoms with Crippen LogP contribution in [0.1, 0.15) is 6.92 Å². The second-order valence-electron chi connectivity index (χ2n) is 3.07. The summed E-state index contributed by atoms with van der Waals surface area (Å²) in [5.74, 6) is -0.774. The fraction of sp³-hybridized carbons (Fsp3) is 0.125. The van der Waals surface area contributed by atoms with Gasteiger partial charge in [0.25, 0.3) is 19.1 Å². The summed E-state index contributed by atoms with van der Waals surface area (Å²) in [6.07, 6.45) is 0. The Bertz CT molecular complexity index is 650. The maximum absolute atomic E-state index is 11.6. The Kier molecular flexibility index (Phi) is 3.80. The number of rotatable bonds is 3. The zero-order chi connectivity index (χ0) is 13.3. The predicted molar refractivity (Wildman–Crippen MR) is 60.5 cm³/mol. The smallest absolute Gasteiger partial charge is 0.264 e. The van der Waals surface area contributed by atoms with Gasteiger partial charge in [0.15, 0.2) is 0 Å². The molecule has 0 spiro atoms. The molecule has 0 aliphatic rings. The molecular formula is C8H8ClNO5S2. The fourth-order valence-electron chi connectivity index (χ4n) is 1.04. The zero-order valence-corrected chi connectivity index (χ0v) is 10.9. The highest BCUT2D eigenvalue weighted by molar-refractivity contribution is 8.13. The van der Waals surface area contributed by atoms with Crippen LogP contribution in [0, 0.1) is 0 Å². The first-order valence-corrected chi connectivity index (χ1v) is 8.00. The minimum absolute atomic E-state index is 0.352. The first kappa shape index (κ1) is 13.9. The van der Waals surface area contributed by atoms with E-state index in [0.29, 0.717) is 0 Å². The van der Waals surface area contributed by atoms with Gasteiger partial charge in [-0.2, -0.15) is 0 Å². The highest BCUT2D eigenvalue weighted by Gasteiger charge is 2.18. The molecule has 1 aromatic rings. The molecule has 1 N–H and O–H groups in total. The topological polar surface area (TPSA) is 97.4 Å². The molecule has 1 amide bonds. The van der Waals surface area contributed by atoms with Gasteiger partial charge >= 0.3 is 0 Å². The van der Waals surface area contributed by atoms with E-state index in [9.17, 15) is 21.6 Å². The van der Waals surface area contributed by atoms with Crippen molar-refractivity contribution < 1.29 is 21.6 Å². The van der Waals surface area contributed by atoms with Gasteiger partial charge in [0.1, 0.15) is 0 Å². The van der Waals surface area contributed by atoms with Crippen LogP contribution in [0.25, 0.3) is 0 Å². The third-order valence-corrected chi connectivity index (χ3v) is 4.46. The molecule has 1 aromatic carbocycles. The van der Waals surface area contributed by atoms with Crippen LogP contribution in [0.5, 0.6) is 0 Å². The lowest BCUT2D eigenvalue weighted by molar-refractivity contribution is -0.117. The molecular weight excluding hydrogens is 290 g/mol. The second-order valence-corrected chi connectivity index (χ2v) is 7.32. The summed E-state index contributed by atoms with van der Waals surface area (Å²) < 4.78 is 46.8. The van der Waals surface area contributed by atoms with Gasteiger partial charge in [0, 0.05) is 17.6 Å². The minimum Gasteiger partial charge on any atom is -0.274 e. The molecule has 0 heterocycles. The fourth-order valence-corrected chi connectivity index (χ4v) is 2.95. The summed E-state index contributed by atoms with van der Waals surface area (Å²) in [7, 11) is -3.01. The molecule has 0 aliphatic heterocycles. The molecule has 0 atom stereocenters. The van der Waals surface area contributed by atoms with Crippen molar-refractivity contribution >= 4 is 35.7 Å². The Balaban J connectivity index is 3.31. The van der Waals surface area contributed by atoms with E-state index in [-0.39, 0.29) is 9.79 Å². The molecule has 1 rings (SSSR count). The van der Waals surface area contributed by atoms with Crippen molar-refractivity contribution in [2.75, 3.05) is 0 Å². The van der Waals surface area contributed by atoms with E-state index in [1.54, 1.807) is 4.72 Å². The largest absolute Gasteiger partial charge is 0.274 e. The summed E-state index contributed by atoms with van der Waals surface area (Å²) in [6, 6.07) is 4.38. The molecule has 0 saturated heterocycles. The van der Waals surface area contributed by atoms with E-state index in [1.807, 2.05) is 0 Å². The summed E-state index contributed by atoms with van der Waals surface area (Å²) in [5.41, 5.74) is 0. The van der Waals surface area contributed by atoms with Crippen molar-refractivity contribution in [1.82, 2.24) is 4.72 Å². The van der Waals surface area contributed by atoms with E-state index >= 15 is 0 Å². The maximum atomic E-state index is 11.6. The van der Waals surface area contributed by atoms with Crippen LogP contribution in [-0.4, -0.2) is 22.7 Å². The van der Waals surface area contributed by atoms with E-state index < -0.39 is 25.0 Å². The van der Waals surface area contributed by atoms with Crippen LogP contribution >= 0.6 is 10.7 Å². The van der Waals surface area contributed by atoms with Crippen molar-refractivity contribution in [3.8, 4) is 0 Å². The molecule has 0 radical (unpaired) electrons. The van der Waals surface area contributed by atoms with E-state index in [2.05, 4.69) is 0 Å². The van der Waals surface area contributed by atoms with Crippen LogP contribution in [-0.2, 0) is 23.9 Å². The van der Waals surface area contributed by atoms with E-state index in [1.165, 1.54) is 6.07 Å². The lowest BCUT2D eigenvalue weighted by Crippen LogP contribution is -2.28. The molecule has 6 nitrogen and oxygen atoms in total.